The monoisotopic (exact) mass is 317 g/mol. The Morgan fingerprint density at radius 1 is 1.39 bits per heavy atom. The van der Waals surface area contributed by atoms with E-state index in [4.69, 9.17) is 10.5 Å². The van der Waals surface area contributed by atoms with Gasteiger partial charge in [-0.1, -0.05) is 12.1 Å². The van der Waals surface area contributed by atoms with Gasteiger partial charge in [0.05, 0.1) is 0 Å². The number of nitrogens with one attached hydrogen (secondary N) is 1. The Kier molecular flexibility index (Phi) is 6.17. The molecule has 6 nitrogen and oxygen atoms in total. The van der Waals surface area contributed by atoms with Gasteiger partial charge in [-0.3, -0.25) is 9.59 Å². The molecule has 1 saturated heterocycles. The van der Waals surface area contributed by atoms with Gasteiger partial charge in [-0.15, -0.1) is 0 Å². The maximum Gasteiger partial charge on any atom is 0.255 e. The summed E-state index contributed by atoms with van der Waals surface area (Å²) >= 11 is 0. The highest BCUT2D eigenvalue weighted by molar-refractivity contribution is 5.91. The summed E-state index contributed by atoms with van der Waals surface area (Å²) in [7, 11) is 1.93. The minimum Gasteiger partial charge on any atom is -0.484 e. The number of nitrogens with zero attached hydrogens (tertiary/aromatic N) is 1. The van der Waals surface area contributed by atoms with Gasteiger partial charge in [-0.05, 0) is 43.7 Å². The number of nitrogens with two attached hydrogens (primary N) is 1. The van der Waals surface area contributed by atoms with Gasteiger partial charge < -0.3 is 20.7 Å². The van der Waals surface area contributed by atoms with E-state index in [1.54, 1.807) is 24.3 Å². The van der Waals surface area contributed by atoms with Crippen LogP contribution in [0.15, 0.2) is 30.3 Å². The zero-order chi connectivity index (χ0) is 16.7. The largest absolute Gasteiger partial charge is 0.484 e. The van der Waals surface area contributed by atoms with Gasteiger partial charge in [0, 0.05) is 25.2 Å². The number of benzene rings is 1. The minimum absolute atomic E-state index is 0.0269. The standard InChI is InChI=1S/C17H23N3O3/c1-19-14-3-2-10-20(11-14)17(22)9-6-13-4-7-15(8-5-13)23-12-16(18)21/h4-9,14,19H,2-3,10-12H2,1H3,(H2,18,21)/b9-6+. The molecule has 124 valence electrons. The third kappa shape index (κ3) is 5.41. The second kappa shape index (κ2) is 8.33. The van der Waals surface area contributed by atoms with Crippen LogP contribution in [0.25, 0.3) is 6.08 Å². The molecule has 0 aromatic heterocycles. The molecule has 1 aliphatic rings. The molecule has 2 rings (SSSR count). The Morgan fingerprint density at radius 2 is 2.13 bits per heavy atom. The van der Waals surface area contributed by atoms with Crippen LogP contribution in [0.5, 0.6) is 5.75 Å². The first-order valence-electron chi connectivity index (χ1n) is 7.74. The van der Waals surface area contributed by atoms with Crippen LogP contribution in [0.2, 0.25) is 0 Å². The van der Waals surface area contributed by atoms with Crippen LogP contribution in [0.1, 0.15) is 18.4 Å². The van der Waals surface area contributed by atoms with Crippen LogP contribution < -0.4 is 15.8 Å². The topological polar surface area (TPSA) is 84.7 Å². The molecule has 1 atom stereocenters. The Morgan fingerprint density at radius 3 is 2.78 bits per heavy atom. The first-order valence-corrected chi connectivity index (χ1v) is 7.74. The third-order valence-corrected chi connectivity index (χ3v) is 3.82. The summed E-state index contributed by atoms with van der Waals surface area (Å²) in [5.41, 5.74) is 5.92. The van der Waals surface area contributed by atoms with Gasteiger partial charge in [-0.25, -0.2) is 0 Å². The lowest BCUT2D eigenvalue weighted by molar-refractivity contribution is -0.127. The molecular formula is C17H23N3O3. The molecule has 0 spiro atoms. The van der Waals surface area contributed by atoms with E-state index in [2.05, 4.69) is 5.32 Å². The van der Waals surface area contributed by atoms with Crippen LogP contribution in [0, 0.1) is 0 Å². The SMILES string of the molecule is CNC1CCCN(C(=O)/C=C/c2ccc(OCC(N)=O)cc2)C1. The molecule has 23 heavy (non-hydrogen) atoms. The Balaban J connectivity index is 1.89. The summed E-state index contributed by atoms with van der Waals surface area (Å²) in [4.78, 5) is 24.7. The lowest BCUT2D eigenvalue weighted by Gasteiger charge is -2.31. The molecule has 0 bridgehead atoms. The molecule has 0 aliphatic carbocycles. The van der Waals surface area contributed by atoms with Crippen LogP contribution in [-0.4, -0.2) is 49.5 Å². The fourth-order valence-electron chi connectivity index (χ4n) is 2.52. The number of carbonyl (C=O) groups is 2. The predicted molar refractivity (Wildman–Crippen MR) is 88.8 cm³/mol. The van der Waals surface area contributed by atoms with Crippen LogP contribution in [0.3, 0.4) is 0 Å². The van der Waals surface area contributed by atoms with E-state index < -0.39 is 5.91 Å². The molecule has 1 fully saturated rings. The number of likely N-dealkylation sites (tertiary alicyclic amines) is 1. The molecule has 1 aromatic rings. The van der Waals surface area contributed by atoms with E-state index in [1.807, 2.05) is 24.1 Å². The summed E-state index contributed by atoms with van der Waals surface area (Å²) in [5.74, 6) is 0.0835. The number of likely N-dealkylation sites (N-methyl/N-ethyl adjacent to an activating group) is 1. The van der Waals surface area contributed by atoms with Crippen LogP contribution >= 0.6 is 0 Å². The molecule has 1 aliphatic heterocycles. The number of carbonyl (C=O) groups excluding carboxylic acids is 2. The molecule has 3 N–H and O–H groups in total. The highest BCUT2D eigenvalue weighted by Gasteiger charge is 2.20. The molecular weight excluding hydrogens is 294 g/mol. The number of amides is 2. The average Bonchev–Trinajstić information content (AvgIpc) is 2.58. The van der Waals surface area contributed by atoms with Gasteiger partial charge in [0.15, 0.2) is 6.61 Å². The quantitative estimate of drug-likeness (QED) is 0.759. The molecule has 6 heteroatoms. The molecule has 2 amide bonds. The van der Waals surface area contributed by atoms with E-state index in [0.717, 1.165) is 31.5 Å². The zero-order valence-corrected chi connectivity index (χ0v) is 13.3. The molecule has 1 unspecified atom stereocenters. The Hall–Kier alpha value is -2.34. The zero-order valence-electron chi connectivity index (χ0n) is 13.3. The maximum absolute atomic E-state index is 12.2. The Labute approximate surface area is 136 Å². The van der Waals surface area contributed by atoms with E-state index in [9.17, 15) is 9.59 Å². The van der Waals surface area contributed by atoms with E-state index >= 15 is 0 Å². The number of hydrogen-bond donors (Lipinski definition) is 2. The van der Waals surface area contributed by atoms with Crippen molar-refractivity contribution in [3.05, 3.63) is 35.9 Å². The Bertz CT molecular complexity index is 569. The van der Waals surface area contributed by atoms with Gasteiger partial charge in [0.2, 0.25) is 5.91 Å². The average molecular weight is 317 g/mol. The van der Waals surface area contributed by atoms with Crippen molar-refractivity contribution in [2.24, 2.45) is 5.73 Å². The molecule has 0 saturated carbocycles. The van der Waals surface area contributed by atoms with Gasteiger partial charge >= 0.3 is 0 Å². The van der Waals surface area contributed by atoms with Crippen molar-refractivity contribution >= 4 is 17.9 Å². The van der Waals surface area contributed by atoms with Crippen molar-refractivity contribution in [2.45, 2.75) is 18.9 Å². The molecule has 1 aromatic carbocycles. The second-order valence-electron chi connectivity index (χ2n) is 5.57. The molecule has 0 radical (unpaired) electrons. The lowest BCUT2D eigenvalue weighted by atomic mass is 10.1. The van der Waals surface area contributed by atoms with E-state index in [0.29, 0.717) is 11.8 Å². The smallest absolute Gasteiger partial charge is 0.255 e. The summed E-state index contributed by atoms with van der Waals surface area (Å²) in [5, 5.41) is 3.22. The van der Waals surface area contributed by atoms with E-state index in [-0.39, 0.29) is 12.5 Å². The van der Waals surface area contributed by atoms with Crippen molar-refractivity contribution in [3.8, 4) is 5.75 Å². The first kappa shape index (κ1) is 17.0. The van der Waals surface area contributed by atoms with Crippen molar-refractivity contribution in [3.63, 3.8) is 0 Å². The van der Waals surface area contributed by atoms with Gasteiger partial charge in [0.25, 0.3) is 5.91 Å². The number of piperidine rings is 1. The van der Waals surface area contributed by atoms with Gasteiger partial charge in [0.1, 0.15) is 5.75 Å². The number of rotatable bonds is 6. The van der Waals surface area contributed by atoms with Crippen LogP contribution in [0.4, 0.5) is 0 Å². The number of hydrogen-bond acceptors (Lipinski definition) is 4. The van der Waals surface area contributed by atoms with Gasteiger partial charge in [-0.2, -0.15) is 0 Å². The fourth-order valence-corrected chi connectivity index (χ4v) is 2.52. The first-order chi connectivity index (χ1) is 11.1. The normalized spacial score (nSPS) is 18.1. The lowest BCUT2D eigenvalue weighted by Crippen LogP contribution is -2.46. The number of primary amides is 1. The maximum atomic E-state index is 12.2. The number of ether oxygens (including phenoxy) is 1. The van der Waals surface area contributed by atoms with Crippen LogP contribution in [-0.2, 0) is 9.59 Å². The van der Waals surface area contributed by atoms with E-state index in [1.165, 1.54) is 0 Å². The summed E-state index contributed by atoms with van der Waals surface area (Å²) < 4.78 is 5.19. The van der Waals surface area contributed by atoms with Crippen molar-refractivity contribution in [1.29, 1.82) is 0 Å². The van der Waals surface area contributed by atoms with Crippen molar-refractivity contribution < 1.29 is 14.3 Å². The predicted octanol–water partition coefficient (Wildman–Crippen LogP) is 0.774. The molecule has 1 heterocycles. The second-order valence-corrected chi connectivity index (χ2v) is 5.57. The third-order valence-electron chi connectivity index (χ3n) is 3.82. The highest BCUT2D eigenvalue weighted by Crippen LogP contribution is 2.14. The van der Waals surface area contributed by atoms with Crippen molar-refractivity contribution in [2.75, 3.05) is 26.7 Å². The fraction of sp³-hybridized carbons (Fsp3) is 0.412. The van der Waals surface area contributed by atoms with Crippen molar-refractivity contribution in [1.82, 2.24) is 10.2 Å². The summed E-state index contributed by atoms with van der Waals surface area (Å²) in [6, 6.07) is 7.51. The summed E-state index contributed by atoms with van der Waals surface area (Å²) in [6.07, 6.45) is 5.51. The highest BCUT2D eigenvalue weighted by atomic mass is 16.5. The summed E-state index contributed by atoms with van der Waals surface area (Å²) in [6.45, 7) is 1.41. The minimum atomic E-state index is -0.513.